The molecule has 0 aliphatic carbocycles. The summed E-state index contributed by atoms with van der Waals surface area (Å²) in [5.41, 5.74) is 8.01. The minimum atomic E-state index is -0.775. The Morgan fingerprint density at radius 3 is 2.44 bits per heavy atom. The lowest BCUT2D eigenvalue weighted by atomic mass is 9.95. The van der Waals surface area contributed by atoms with Gasteiger partial charge in [0.25, 0.3) is 5.91 Å². The van der Waals surface area contributed by atoms with E-state index in [4.69, 9.17) is 14.2 Å². The SMILES string of the molecule is CCOC(=O)C1=C(C)NC(=O)N[C@@H]1c1ccc(OCC(=O)N/N=C\c2cc(C)n(-c3ccc(NC(C)=O)cc3)c2C)c(OC)c1. The molecule has 0 saturated heterocycles. The molecule has 13 nitrogen and oxygen atoms in total. The Bertz CT molecular complexity index is 1670. The first-order valence-electron chi connectivity index (χ1n) is 14.2. The summed E-state index contributed by atoms with van der Waals surface area (Å²) >= 11 is 0. The fourth-order valence-corrected chi connectivity index (χ4v) is 4.97. The zero-order chi connectivity index (χ0) is 32.7. The number of nitrogens with zero attached hydrogens (tertiary/aromatic N) is 2. The number of hydrogen-bond donors (Lipinski definition) is 4. The van der Waals surface area contributed by atoms with E-state index in [1.807, 2.05) is 48.7 Å². The maximum Gasteiger partial charge on any atom is 0.338 e. The molecule has 0 unspecified atom stereocenters. The number of ether oxygens (including phenoxy) is 3. The third-order valence-electron chi connectivity index (χ3n) is 6.95. The maximum absolute atomic E-state index is 12.6. The van der Waals surface area contributed by atoms with Gasteiger partial charge in [0, 0.05) is 40.9 Å². The van der Waals surface area contributed by atoms with Crippen molar-refractivity contribution >= 4 is 35.7 Å². The van der Waals surface area contributed by atoms with E-state index in [-0.39, 0.29) is 30.4 Å². The van der Waals surface area contributed by atoms with Crippen molar-refractivity contribution < 1.29 is 33.4 Å². The number of anilines is 1. The highest BCUT2D eigenvalue weighted by Crippen LogP contribution is 2.34. The Kier molecular flexibility index (Phi) is 10.2. The molecule has 0 bridgehead atoms. The largest absolute Gasteiger partial charge is 0.493 e. The summed E-state index contributed by atoms with van der Waals surface area (Å²) in [7, 11) is 1.44. The molecule has 13 heteroatoms. The number of benzene rings is 2. The minimum absolute atomic E-state index is 0.137. The lowest BCUT2D eigenvalue weighted by molar-refractivity contribution is -0.139. The predicted octanol–water partition coefficient (Wildman–Crippen LogP) is 3.78. The highest BCUT2D eigenvalue weighted by molar-refractivity contribution is 5.95. The van der Waals surface area contributed by atoms with Gasteiger partial charge in [0.05, 0.1) is 31.5 Å². The van der Waals surface area contributed by atoms with Gasteiger partial charge in [-0.15, -0.1) is 0 Å². The van der Waals surface area contributed by atoms with Crippen LogP contribution in [0, 0.1) is 13.8 Å². The second-order valence-corrected chi connectivity index (χ2v) is 10.2. The van der Waals surface area contributed by atoms with Crippen LogP contribution in [0.15, 0.2) is 64.9 Å². The van der Waals surface area contributed by atoms with Crippen LogP contribution in [0.3, 0.4) is 0 Å². The number of carbonyl (C=O) groups excluding carboxylic acids is 4. The third-order valence-corrected chi connectivity index (χ3v) is 6.95. The second-order valence-electron chi connectivity index (χ2n) is 10.2. The van der Waals surface area contributed by atoms with E-state index < -0.39 is 23.9 Å². The van der Waals surface area contributed by atoms with Crippen LogP contribution < -0.4 is 30.8 Å². The van der Waals surface area contributed by atoms with Crippen molar-refractivity contribution in [2.75, 3.05) is 25.6 Å². The van der Waals surface area contributed by atoms with Gasteiger partial charge in [-0.1, -0.05) is 6.07 Å². The number of esters is 1. The average molecular weight is 617 g/mol. The minimum Gasteiger partial charge on any atom is -0.493 e. The van der Waals surface area contributed by atoms with Gasteiger partial charge in [-0.05, 0) is 75.7 Å². The number of urea groups is 1. The molecule has 4 amide bonds. The molecule has 1 atom stereocenters. The Balaban J connectivity index is 1.40. The van der Waals surface area contributed by atoms with Crippen LogP contribution >= 0.6 is 0 Å². The van der Waals surface area contributed by atoms with Gasteiger partial charge in [-0.2, -0.15) is 5.10 Å². The van der Waals surface area contributed by atoms with Crippen molar-refractivity contribution in [3.05, 3.63) is 82.3 Å². The number of nitrogens with one attached hydrogen (secondary N) is 4. The summed E-state index contributed by atoms with van der Waals surface area (Å²) in [4.78, 5) is 48.6. The summed E-state index contributed by atoms with van der Waals surface area (Å²) in [6.45, 7) is 8.53. The number of aryl methyl sites for hydroxylation is 1. The molecule has 0 radical (unpaired) electrons. The second kappa shape index (κ2) is 14.3. The Hall–Kier alpha value is -5.59. The van der Waals surface area contributed by atoms with E-state index in [0.717, 1.165) is 22.6 Å². The quantitative estimate of drug-likeness (QED) is 0.145. The molecule has 2 heterocycles. The van der Waals surface area contributed by atoms with E-state index in [9.17, 15) is 19.2 Å². The van der Waals surface area contributed by atoms with Gasteiger partial charge in [-0.3, -0.25) is 9.59 Å². The van der Waals surface area contributed by atoms with Crippen molar-refractivity contribution in [2.45, 2.75) is 40.7 Å². The van der Waals surface area contributed by atoms with Crippen LogP contribution in [0.1, 0.15) is 49.3 Å². The first-order chi connectivity index (χ1) is 21.5. The molecule has 4 rings (SSSR count). The summed E-state index contributed by atoms with van der Waals surface area (Å²) in [6, 6.07) is 13.1. The van der Waals surface area contributed by atoms with Gasteiger partial charge in [0.15, 0.2) is 18.1 Å². The Labute approximate surface area is 260 Å². The molecule has 2 aromatic carbocycles. The van der Waals surface area contributed by atoms with Gasteiger partial charge < -0.3 is 34.7 Å². The van der Waals surface area contributed by atoms with Crippen molar-refractivity contribution in [1.29, 1.82) is 0 Å². The zero-order valence-electron chi connectivity index (χ0n) is 25.9. The maximum atomic E-state index is 12.6. The number of aromatic nitrogens is 1. The smallest absolute Gasteiger partial charge is 0.338 e. The number of hydrogen-bond acceptors (Lipinski definition) is 8. The molecule has 45 heavy (non-hydrogen) atoms. The Morgan fingerprint density at radius 2 is 1.78 bits per heavy atom. The Morgan fingerprint density at radius 1 is 1.04 bits per heavy atom. The lowest BCUT2D eigenvalue weighted by Crippen LogP contribution is -2.45. The number of methoxy groups -OCH3 is 1. The zero-order valence-corrected chi connectivity index (χ0v) is 25.9. The van der Waals surface area contributed by atoms with E-state index >= 15 is 0 Å². The van der Waals surface area contributed by atoms with Crippen molar-refractivity contribution in [3.8, 4) is 17.2 Å². The number of amides is 4. The van der Waals surface area contributed by atoms with Gasteiger partial charge in [-0.25, -0.2) is 15.0 Å². The molecule has 0 saturated carbocycles. The fraction of sp³-hybridized carbons (Fsp3) is 0.281. The molecular formula is C32H36N6O7. The van der Waals surface area contributed by atoms with Crippen molar-refractivity contribution in [3.63, 3.8) is 0 Å². The van der Waals surface area contributed by atoms with E-state index in [1.165, 1.54) is 14.0 Å². The highest BCUT2D eigenvalue weighted by atomic mass is 16.5. The summed E-state index contributed by atoms with van der Waals surface area (Å²) in [6.07, 6.45) is 1.56. The average Bonchev–Trinajstić information content (AvgIpc) is 3.27. The number of carbonyl (C=O) groups is 4. The number of rotatable bonds is 11. The molecule has 4 N–H and O–H groups in total. The molecular weight excluding hydrogens is 580 g/mol. The molecule has 236 valence electrons. The van der Waals surface area contributed by atoms with Gasteiger partial charge in [0.1, 0.15) is 0 Å². The van der Waals surface area contributed by atoms with Gasteiger partial charge >= 0.3 is 12.0 Å². The van der Waals surface area contributed by atoms with Crippen LogP contribution in [0.2, 0.25) is 0 Å². The number of hydrazone groups is 1. The predicted molar refractivity (Wildman–Crippen MR) is 168 cm³/mol. The fourth-order valence-electron chi connectivity index (χ4n) is 4.97. The van der Waals surface area contributed by atoms with Crippen LogP contribution in [0.25, 0.3) is 5.69 Å². The van der Waals surface area contributed by atoms with Crippen molar-refractivity contribution in [1.82, 2.24) is 20.6 Å². The summed E-state index contributed by atoms with van der Waals surface area (Å²) in [5.74, 6) is -0.597. The molecule has 0 spiro atoms. The molecule has 1 aliphatic heterocycles. The monoisotopic (exact) mass is 616 g/mol. The highest BCUT2D eigenvalue weighted by Gasteiger charge is 2.32. The third kappa shape index (κ3) is 7.68. The van der Waals surface area contributed by atoms with E-state index in [2.05, 4.69) is 26.5 Å². The molecule has 1 aliphatic rings. The molecule has 0 fully saturated rings. The van der Waals surface area contributed by atoms with Crippen LogP contribution in [0.4, 0.5) is 10.5 Å². The normalized spacial score (nSPS) is 14.4. The van der Waals surface area contributed by atoms with Crippen LogP contribution in [0.5, 0.6) is 11.5 Å². The number of allylic oxidation sites excluding steroid dienone is 1. The first-order valence-corrected chi connectivity index (χ1v) is 14.2. The van der Waals surface area contributed by atoms with E-state index in [1.54, 1.807) is 38.3 Å². The van der Waals surface area contributed by atoms with Crippen LogP contribution in [-0.4, -0.2) is 54.9 Å². The summed E-state index contributed by atoms with van der Waals surface area (Å²) in [5, 5.41) is 12.2. The topological polar surface area (TPSA) is 161 Å². The van der Waals surface area contributed by atoms with Crippen molar-refractivity contribution in [2.24, 2.45) is 5.10 Å². The molecule has 3 aromatic rings. The van der Waals surface area contributed by atoms with Crippen LogP contribution in [-0.2, 0) is 19.1 Å². The standard InChI is InChI=1S/C32H36N6O7/c1-7-44-31(41)29-19(3)34-32(42)36-30(29)22-8-13-26(27(15-22)43-6)45-17-28(40)37-33-16-23-14-18(2)38(20(23)4)25-11-9-24(10-12-25)35-21(5)39/h8-16,30H,7,17H2,1-6H3,(H,35,39)(H,37,40)(H2,34,36,42)/b33-16-/t30-/m1/s1. The summed E-state index contributed by atoms with van der Waals surface area (Å²) < 4.78 is 18.4. The molecule has 1 aromatic heterocycles. The van der Waals surface area contributed by atoms with E-state index in [0.29, 0.717) is 22.7 Å². The van der Waals surface area contributed by atoms with Gasteiger partial charge in [0.2, 0.25) is 5.91 Å². The first kappa shape index (κ1) is 32.3. The lowest BCUT2D eigenvalue weighted by Gasteiger charge is -2.28.